The molecule has 108 valence electrons. The van der Waals surface area contributed by atoms with Crippen LogP contribution in [0, 0.1) is 0 Å². The first kappa shape index (κ1) is 16.1. The number of hydrogen-bond donors (Lipinski definition) is 0. The number of halogens is 3. The van der Waals surface area contributed by atoms with Crippen molar-refractivity contribution in [2.24, 2.45) is 0 Å². The van der Waals surface area contributed by atoms with Gasteiger partial charge in [-0.15, -0.1) is 0 Å². The summed E-state index contributed by atoms with van der Waals surface area (Å²) >= 11 is 0. The highest BCUT2D eigenvalue weighted by molar-refractivity contribution is 5.14. The quantitative estimate of drug-likeness (QED) is 0.490. The summed E-state index contributed by atoms with van der Waals surface area (Å²) in [6.07, 6.45) is 2.98. The van der Waals surface area contributed by atoms with Crippen LogP contribution in [0.15, 0.2) is 30.3 Å². The second-order valence-electron chi connectivity index (χ2n) is 5.08. The van der Waals surface area contributed by atoms with E-state index in [4.69, 9.17) is 0 Å². The Kier molecular flexibility index (Phi) is 7.61. The van der Waals surface area contributed by atoms with Crippen LogP contribution in [0.1, 0.15) is 56.9 Å². The third kappa shape index (κ3) is 9.57. The largest absolute Gasteiger partial charge is 0.389 e. The van der Waals surface area contributed by atoms with Gasteiger partial charge < -0.3 is 0 Å². The lowest BCUT2D eigenvalue weighted by atomic mass is 10.0. The maximum atomic E-state index is 11.9. The fraction of sp³-hybridized carbons (Fsp3) is 0.625. The van der Waals surface area contributed by atoms with Crippen molar-refractivity contribution >= 4 is 0 Å². The van der Waals surface area contributed by atoms with Crippen molar-refractivity contribution in [3.05, 3.63) is 35.9 Å². The maximum Gasteiger partial charge on any atom is 0.389 e. The van der Waals surface area contributed by atoms with E-state index >= 15 is 0 Å². The van der Waals surface area contributed by atoms with Gasteiger partial charge in [0.25, 0.3) is 0 Å². The first-order chi connectivity index (χ1) is 9.08. The molecule has 0 nitrogen and oxygen atoms in total. The van der Waals surface area contributed by atoms with Gasteiger partial charge >= 0.3 is 6.18 Å². The van der Waals surface area contributed by atoms with Crippen LogP contribution in [0.5, 0.6) is 0 Å². The zero-order valence-corrected chi connectivity index (χ0v) is 11.4. The lowest BCUT2D eigenvalue weighted by Crippen LogP contribution is -2.06. The van der Waals surface area contributed by atoms with Crippen molar-refractivity contribution in [3.63, 3.8) is 0 Å². The fourth-order valence-electron chi connectivity index (χ4n) is 2.18. The van der Waals surface area contributed by atoms with Crippen LogP contribution in [-0.2, 0) is 6.42 Å². The molecule has 0 aliphatic rings. The molecular formula is C16H23F3. The van der Waals surface area contributed by atoms with Crippen LogP contribution in [0.3, 0.4) is 0 Å². The molecule has 0 saturated heterocycles. The van der Waals surface area contributed by atoms with Crippen LogP contribution >= 0.6 is 0 Å². The zero-order valence-electron chi connectivity index (χ0n) is 11.4. The predicted molar refractivity (Wildman–Crippen MR) is 73.1 cm³/mol. The molecule has 0 aromatic heterocycles. The number of hydrogen-bond acceptors (Lipinski definition) is 0. The van der Waals surface area contributed by atoms with Gasteiger partial charge in [-0.2, -0.15) is 13.2 Å². The Labute approximate surface area is 114 Å². The molecule has 0 atom stereocenters. The van der Waals surface area contributed by atoms with Gasteiger partial charge in [-0.05, 0) is 24.8 Å². The second-order valence-corrected chi connectivity index (χ2v) is 5.08. The van der Waals surface area contributed by atoms with Gasteiger partial charge in [0.2, 0.25) is 0 Å². The minimum absolute atomic E-state index is 0.285. The van der Waals surface area contributed by atoms with E-state index in [0.717, 1.165) is 25.7 Å². The van der Waals surface area contributed by atoms with Crippen molar-refractivity contribution in [2.45, 2.75) is 64.0 Å². The standard InChI is InChI=1S/C16H23F3/c17-16(18,19)14-10-5-3-1-2-4-7-11-15-12-8-6-9-13-15/h6,8-9,12-13H,1-5,7,10-11,14H2. The van der Waals surface area contributed by atoms with E-state index in [1.807, 2.05) is 6.07 Å². The Morgan fingerprint density at radius 1 is 0.684 bits per heavy atom. The third-order valence-corrected chi connectivity index (χ3v) is 3.27. The molecule has 0 saturated carbocycles. The number of benzene rings is 1. The van der Waals surface area contributed by atoms with Crippen LogP contribution in [-0.4, -0.2) is 6.18 Å². The number of rotatable bonds is 9. The van der Waals surface area contributed by atoms with Crippen molar-refractivity contribution < 1.29 is 13.2 Å². The molecular weight excluding hydrogens is 249 g/mol. The Morgan fingerprint density at radius 3 is 1.79 bits per heavy atom. The van der Waals surface area contributed by atoms with Crippen LogP contribution in [0.2, 0.25) is 0 Å². The molecule has 1 rings (SSSR count). The minimum atomic E-state index is -3.98. The molecule has 0 aliphatic carbocycles. The summed E-state index contributed by atoms with van der Waals surface area (Å²) in [5.74, 6) is 0. The van der Waals surface area contributed by atoms with Crippen LogP contribution < -0.4 is 0 Å². The number of alkyl halides is 3. The summed E-state index contributed by atoms with van der Waals surface area (Å²) in [6, 6.07) is 10.4. The average Bonchev–Trinajstić information content (AvgIpc) is 2.37. The molecule has 0 radical (unpaired) electrons. The van der Waals surface area contributed by atoms with Crippen molar-refractivity contribution in [2.75, 3.05) is 0 Å². The minimum Gasteiger partial charge on any atom is -0.171 e. The molecule has 0 unspecified atom stereocenters. The van der Waals surface area contributed by atoms with E-state index in [2.05, 4.69) is 24.3 Å². The molecule has 0 N–H and O–H groups in total. The van der Waals surface area contributed by atoms with Crippen molar-refractivity contribution in [1.82, 2.24) is 0 Å². The van der Waals surface area contributed by atoms with E-state index in [0.29, 0.717) is 6.42 Å². The summed E-state index contributed by atoms with van der Waals surface area (Å²) in [5.41, 5.74) is 1.37. The van der Waals surface area contributed by atoms with E-state index in [9.17, 15) is 13.2 Å². The summed E-state index contributed by atoms with van der Waals surface area (Å²) in [6.45, 7) is 0. The highest BCUT2D eigenvalue weighted by atomic mass is 19.4. The average molecular weight is 272 g/mol. The first-order valence-corrected chi connectivity index (χ1v) is 7.18. The molecule has 3 heteroatoms. The Balaban J connectivity index is 1.87. The van der Waals surface area contributed by atoms with Gasteiger partial charge in [-0.1, -0.05) is 62.4 Å². The summed E-state index contributed by atoms with van der Waals surface area (Å²) in [5, 5.41) is 0. The van der Waals surface area contributed by atoms with Gasteiger partial charge in [0.05, 0.1) is 0 Å². The molecule has 0 aliphatic heterocycles. The van der Waals surface area contributed by atoms with E-state index < -0.39 is 12.6 Å². The van der Waals surface area contributed by atoms with E-state index in [-0.39, 0.29) is 6.42 Å². The van der Waals surface area contributed by atoms with Gasteiger partial charge in [0, 0.05) is 6.42 Å². The normalized spacial score (nSPS) is 11.7. The van der Waals surface area contributed by atoms with E-state index in [1.165, 1.54) is 18.4 Å². The molecule has 0 heterocycles. The molecule has 0 amide bonds. The lowest BCUT2D eigenvalue weighted by Gasteiger charge is -2.05. The molecule has 0 fully saturated rings. The van der Waals surface area contributed by atoms with Gasteiger partial charge in [-0.25, -0.2) is 0 Å². The maximum absolute atomic E-state index is 11.9. The second kappa shape index (κ2) is 9.00. The Morgan fingerprint density at radius 2 is 1.21 bits per heavy atom. The first-order valence-electron chi connectivity index (χ1n) is 7.18. The highest BCUT2D eigenvalue weighted by Gasteiger charge is 2.25. The van der Waals surface area contributed by atoms with Gasteiger partial charge in [-0.3, -0.25) is 0 Å². The molecule has 0 bridgehead atoms. The van der Waals surface area contributed by atoms with Gasteiger partial charge in [0.1, 0.15) is 0 Å². The summed E-state index contributed by atoms with van der Waals surface area (Å²) in [7, 11) is 0. The summed E-state index contributed by atoms with van der Waals surface area (Å²) < 4.78 is 35.7. The monoisotopic (exact) mass is 272 g/mol. The predicted octanol–water partition coefficient (Wildman–Crippen LogP) is 5.91. The number of aryl methyl sites for hydroxylation is 1. The Hall–Kier alpha value is -0.990. The highest BCUT2D eigenvalue weighted by Crippen LogP contribution is 2.23. The topological polar surface area (TPSA) is 0 Å². The van der Waals surface area contributed by atoms with Crippen LogP contribution in [0.25, 0.3) is 0 Å². The number of unbranched alkanes of at least 4 members (excludes halogenated alkanes) is 6. The van der Waals surface area contributed by atoms with Crippen LogP contribution in [0.4, 0.5) is 13.2 Å². The fourth-order valence-corrected chi connectivity index (χ4v) is 2.18. The van der Waals surface area contributed by atoms with Crippen molar-refractivity contribution in [3.8, 4) is 0 Å². The third-order valence-electron chi connectivity index (χ3n) is 3.27. The SMILES string of the molecule is FC(F)(F)CCCCCCCCCc1ccccc1. The molecule has 19 heavy (non-hydrogen) atoms. The van der Waals surface area contributed by atoms with Gasteiger partial charge in [0.15, 0.2) is 0 Å². The smallest absolute Gasteiger partial charge is 0.171 e. The molecule has 1 aromatic carbocycles. The zero-order chi connectivity index (χ0) is 14.0. The van der Waals surface area contributed by atoms with E-state index in [1.54, 1.807) is 0 Å². The summed E-state index contributed by atoms with van der Waals surface area (Å²) in [4.78, 5) is 0. The molecule has 0 spiro atoms. The lowest BCUT2D eigenvalue weighted by molar-refractivity contribution is -0.135. The van der Waals surface area contributed by atoms with Crippen molar-refractivity contribution in [1.29, 1.82) is 0 Å². The molecule has 1 aromatic rings. The Bertz CT molecular complexity index is 317.